The quantitative estimate of drug-likeness (QED) is 0.420. The summed E-state index contributed by atoms with van der Waals surface area (Å²) in [6.45, 7) is 8.66. The molecule has 2 aromatic carbocycles. The summed E-state index contributed by atoms with van der Waals surface area (Å²) in [6, 6.07) is 22.8. The fraction of sp³-hybridized carbons (Fsp3) is 0.269. The van der Waals surface area contributed by atoms with Crippen molar-refractivity contribution in [2.75, 3.05) is 32.7 Å². The molecule has 31 heavy (non-hydrogen) atoms. The Balaban J connectivity index is 1.58. The zero-order valence-electron chi connectivity index (χ0n) is 17.8. The first-order valence-electron chi connectivity index (χ1n) is 11.0. The number of hydrogen-bond donors (Lipinski definition) is 0. The number of piperazine rings is 1. The van der Waals surface area contributed by atoms with Crippen LogP contribution in [0.1, 0.15) is 12.6 Å². The van der Waals surface area contributed by atoms with Crippen LogP contribution in [-0.2, 0) is 6.54 Å². The second-order valence-electron chi connectivity index (χ2n) is 8.14. The SMILES string of the molecule is CCN1CCN(Cc2c(-c3ccc(Cl)cc3)nc3ccc(-c4ccccc4)cn23)CC1. The molecule has 1 aliphatic heterocycles. The van der Waals surface area contributed by atoms with Crippen molar-refractivity contribution in [3.8, 4) is 22.4 Å². The van der Waals surface area contributed by atoms with Gasteiger partial charge in [0.1, 0.15) is 5.65 Å². The molecule has 1 saturated heterocycles. The number of imidazole rings is 1. The zero-order chi connectivity index (χ0) is 21.2. The molecule has 0 amide bonds. The zero-order valence-corrected chi connectivity index (χ0v) is 18.6. The van der Waals surface area contributed by atoms with Gasteiger partial charge in [0.25, 0.3) is 0 Å². The smallest absolute Gasteiger partial charge is 0.137 e. The lowest BCUT2D eigenvalue weighted by Crippen LogP contribution is -2.45. The summed E-state index contributed by atoms with van der Waals surface area (Å²) in [5.74, 6) is 0. The van der Waals surface area contributed by atoms with Gasteiger partial charge in [0, 0.05) is 49.5 Å². The van der Waals surface area contributed by atoms with E-state index >= 15 is 0 Å². The maximum atomic E-state index is 6.15. The number of rotatable bonds is 5. The van der Waals surface area contributed by atoms with Gasteiger partial charge in [-0.3, -0.25) is 4.90 Å². The molecule has 0 bridgehead atoms. The van der Waals surface area contributed by atoms with E-state index in [1.54, 1.807) is 0 Å². The minimum absolute atomic E-state index is 0.746. The van der Waals surface area contributed by atoms with E-state index in [0.29, 0.717) is 0 Å². The molecule has 0 spiro atoms. The van der Waals surface area contributed by atoms with Crippen molar-refractivity contribution in [3.05, 3.63) is 83.6 Å². The third-order valence-electron chi connectivity index (χ3n) is 6.23. The summed E-state index contributed by atoms with van der Waals surface area (Å²) < 4.78 is 2.28. The van der Waals surface area contributed by atoms with Crippen LogP contribution < -0.4 is 0 Å². The van der Waals surface area contributed by atoms with Crippen LogP contribution in [0.3, 0.4) is 0 Å². The average Bonchev–Trinajstić information content (AvgIpc) is 3.18. The van der Waals surface area contributed by atoms with Crippen LogP contribution in [0.25, 0.3) is 28.0 Å². The molecular formula is C26H27ClN4. The van der Waals surface area contributed by atoms with Crippen molar-refractivity contribution >= 4 is 17.2 Å². The average molecular weight is 431 g/mol. The molecule has 2 aromatic heterocycles. The molecule has 0 N–H and O–H groups in total. The monoisotopic (exact) mass is 430 g/mol. The second-order valence-corrected chi connectivity index (χ2v) is 8.57. The maximum Gasteiger partial charge on any atom is 0.137 e. The summed E-state index contributed by atoms with van der Waals surface area (Å²) >= 11 is 6.15. The Bertz CT molecular complexity index is 1160. The van der Waals surface area contributed by atoms with Crippen LogP contribution in [0.2, 0.25) is 5.02 Å². The van der Waals surface area contributed by atoms with E-state index in [1.165, 1.54) is 16.8 Å². The second kappa shape index (κ2) is 8.83. The van der Waals surface area contributed by atoms with E-state index in [0.717, 1.165) is 61.2 Å². The highest BCUT2D eigenvalue weighted by Gasteiger charge is 2.21. The lowest BCUT2D eigenvalue weighted by Gasteiger charge is -2.34. The van der Waals surface area contributed by atoms with Gasteiger partial charge in [0.15, 0.2) is 0 Å². The predicted molar refractivity (Wildman–Crippen MR) is 128 cm³/mol. The van der Waals surface area contributed by atoms with Crippen molar-refractivity contribution in [3.63, 3.8) is 0 Å². The lowest BCUT2D eigenvalue weighted by atomic mass is 10.1. The molecular weight excluding hydrogens is 404 g/mol. The van der Waals surface area contributed by atoms with Gasteiger partial charge >= 0.3 is 0 Å². The minimum atomic E-state index is 0.746. The third-order valence-corrected chi connectivity index (χ3v) is 6.48. The Morgan fingerprint density at radius 3 is 2.16 bits per heavy atom. The number of likely N-dealkylation sites (N-methyl/N-ethyl adjacent to an activating group) is 1. The third kappa shape index (κ3) is 4.24. The Hall–Kier alpha value is -2.66. The summed E-state index contributed by atoms with van der Waals surface area (Å²) in [6.07, 6.45) is 2.23. The highest BCUT2D eigenvalue weighted by atomic mass is 35.5. The van der Waals surface area contributed by atoms with Gasteiger partial charge in [-0.2, -0.15) is 0 Å². The molecule has 0 aliphatic carbocycles. The highest BCUT2D eigenvalue weighted by Crippen LogP contribution is 2.29. The van der Waals surface area contributed by atoms with Crippen LogP contribution in [0.15, 0.2) is 72.9 Å². The Morgan fingerprint density at radius 2 is 1.45 bits per heavy atom. The van der Waals surface area contributed by atoms with Crippen molar-refractivity contribution in [1.29, 1.82) is 0 Å². The maximum absolute atomic E-state index is 6.15. The van der Waals surface area contributed by atoms with Crippen molar-refractivity contribution in [2.24, 2.45) is 0 Å². The Labute approximate surface area is 188 Å². The highest BCUT2D eigenvalue weighted by molar-refractivity contribution is 6.30. The first-order chi connectivity index (χ1) is 15.2. The van der Waals surface area contributed by atoms with Crippen LogP contribution in [-0.4, -0.2) is 51.9 Å². The van der Waals surface area contributed by atoms with E-state index < -0.39 is 0 Å². The fourth-order valence-electron chi connectivity index (χ4n) is 4.36. The molecule has 5 rings (SSSR count). The van der Waals surface area contributed by atoms with E-state index in [9.17, 15) is 0 Å². The number of aromatic nitrogens is 2. The lowest BCUT2D eigenvalue weighted by molar-refractivity contribution is 0.131. The van der Waals surface area contributed by atoms with Gasteiger partial charge in [0.05, 0.1) is 11.4 Å². The van der Waals surface area contributed by atoms with Crippen molar-refractivity contribution in [1.82, 2.24) is 19.2 Å². The first-order valence-corrected chi connectivity index (χ1v) is 11.4. The van der Waals surface area contributed by atoms with Gasteiger partial charge in [0.2, 0.25) is 0 Å². The van der Waals surface area contributed by atoms with Crippen LogP contribution in [0.4, 0.5) is 0 Å². The molecule has 4 aromatic rings. The van der Waals surface area contributed by atoms with E-state index in [2.05, 4.69) is 81.9 Å². The number of pyridine rings is 1. The standard InChI is InChI=1S/C26H27ClN4/c1-2-29-14-16-30(17-15-29)19-24-26(21-8-11-23(27)12-9-21)28-25-13-10-22(18-31(24)25)20-6-4-3-5-7-20/h3-13,18H,2,14-17,19H2,1H3. The van der Waals surface area contributed by atoms with E-state index in [4.69, 9.17) is 16.6 Å². The van der Waals surface area contributed by atoms with Crippen LogP contribution in [0, 0.1) is 0 Å². The van der Waals surface area contributed by atoms with Crippen molar-refractivity contribution < 1.29 is 0 Å². The fourth-order valence-corrected chi connectivity index (χ4v) is 4.49. The molecule has 0 radical (unpaired) electrons. The molecule has 5 heteroatoms. The van der Waals surface area contributed by atoms with Gasteiger partial charge in [-0.25, -0.2) is 4.98 Å². The molecule has 1 aliphatic rings. The van der Waals surface area contributed by atoms with Crippen LogP contribution in [0.5, 0.6) is 0 Å². The summed E-state index contributed by atoms with van der Waals surface area (Å²) in [7, 11) is 0. The topological polar surface area (TPSA) is 23.8 Å². The minimum Gasteiger partial charge on any atom is -0.301 e. The first kappa shape index (κ1) is 20.3. The molecule has 1 fully saturated rings. The molecule has 0 atom stereocenters. The summed E-state index contributed by atoms with van der Waals surface area (Å²) in [4.78, 5) is 10.1. The number of benzene rings is 2. The number of halogens is 1. The van der Waals surface area contributed by atoms with Gasteiger partial charge in [-0.05, 0) is 41.9 Å². The Kier molecular flexibility index (Phi) is 5.77. The number of nitrogens with zero attached hydrogens (tertiary/aromatic N) is 4. The van der Waals surface area contributed by atoms with E-state index in [-0.39, 0.29) is 0 Å². The van der Waals surface area contributed by atoms with E-state index in [1.807, 2.05) is 12.1 Å². The number of fused-ring (bicyclic) bond motifs is 1. The Morgan fingerprint density at radius 1 is 0.774 bits per heavy atom. The van der Waals surface area contributed by atoms with Gasteiger partial charge in [-0.1, -0.05) is 61.0 Å². The van der Waals surface area contributed by atoms with Crippen molar-refractivity contribution in [2.45, 2.75) is 13.5 Å². The molecule has 0 unspecified atom stereocenters. The normalized spacial score (nSPS) is 15.5. The molecule has 3 heterocycles. The molecule has 158 valence electrons. The predicted octanol–water partition coefficient (Wildman–Crippen LogP) is 5.46. The molecule has 4 nitrogen and oxygen atoms in total. The molecule has 0 saturated carbocycles. The van der Waals surface area contributed by atoms with Gasteiger partial charge in [-0.15, -0.1) is 0 Å². The summed E-state index contributed by atoms with van der Waals surface area (Å²) in [5.41, 5.74) is 6.78. The van der Waals surface area contributed by atoms with Gasteiger partial charge < -0.3 is 9.30 Å². The number of hydrogen-bond acceptors (Lipinski definition) is 3. The largest absolute Gasteiger partial charge is 0.301 e. The summed E-state index contributed by atoms with van der Waals surface area (Å²) in [5, 5.41) is 0.746. The van der Waals surface area contributed by atoms with Crippen LogP contribution >= 0.6 is 11.6 Å².